The number of benzene rings is 2. The summed E-state index contributed by atoms with van der Waals surface area (Å²) in [5.74, 6) is 0.253. The van der Waals surface area contributed by atoms with Gasteiger partial charge in [-0.15, -0.1) is 0 Å². The van der Waals surface area contributed by atoms with Crippen LogP contribution < -0.4 is 0 Å². The first kappa shape index (κ1) is 16.6. The molecule has 1 saturated heterocycles. The molecule has 0 unspecified atom stereocenters. The standard InChI is InChI=1S/C23H20FNO2/c24-17-9-7-15(8-10-17)22-18-3-1-2-4-20(18)25-23(16-5-6-16)19(22)11-12-21-26-13-14-27-21/h1-4,7-12,16,21H,5-6,13-14H2/b12-11+. The van der Waals surface area contributed by atoms with Gasteiger partial charge in [-0.1, -0.05) is 36.4 Å². The summed E-state index contributed by atoms with van der Waals surface area (Å²) in [6.45, 7) is 1.23. The van der Waals surface area contributed by atoms with Crippen LogP contribution in [0, 0.1) is 5.82 Å². The minimum absolute atomic E-state index is 0.232. The van der Waals surface area contributed by atoms with Crippen molar-refractivity contribution in [1.29, 1.82) is 0 Å². The average Bonchev–Trinajstić information content (AvgIpc) is 3.41. The van der Waals surface area contributed by atoms with E-state index in [1.807, 2.05) is 36.4 Å². The number of halogens is 1. The van der Waals surface area contributed by atoms with Gasteiger partial charge in [-0.2, -0.15) is 0 Å². The summed E-state index contributed by atoms with van der Waals surface area (Å²) in [6.07, 6.45) is 6.03. The maximum absolute atomic E-state index is 13.5. The highest BCUT2D eigenvalue weighted by molar-refractivity contribution is 5.99. The number of rotatable bonds is 4. The van der Waals surface area contributed by atoms with Gasteiger partial charge in [0.2, 0.25) is 0 Å². The summed E-state index contributed by atoms with van der Waals surface area (Å²) in [5, 5.41) is 1.07. The van der Waals surface area contributed by atoms with Crippen molar-refractivity contribution >= 4 is 17.0 Å². The number of pyridine rings is 1. The van der Waals surface area contributed by atoms with Gasteiger partial charge < -0.3 is 9.47 Å². The van der Waals surface area contributed by atoms with Crippen molar-refractivity contribution in [3.63, 3.8) is 0 Å². The molecule has 2 fully saturated rings. The van der Waals surface area contributed by atoms with Crippen molar-refractivity contribution in [2.24, 2.45) is 0 Å². The molecule has 2 heterocycles. The SMILES string of the molecule is Fc1ccc(-c2c(/C=C/C3OCCO3)c(C3CC3)nc3ccccc23)cc1. The van der Waals surface area contributed by atoms with Crippen LogP contribution in [-0.4, -0.2) is 24.5 Å². The molecule has 1 aliphatic heterocycles. The first-order valence-electron chi connectivity index (χ1n) is 9.39. The molecule has 1 saturated carbocycles. The molecule has 3 aromatic rings. The second-order valence-electron chi connectivity index (χ2n) is 7.05. The molecular formula is C23H20FNO2. The average molecular weight is 361 g/mol. The van der Waals surface area contributed by atoms with Crippen molar-refractivity contribution in [3.8, 4) is 11.1 Å². The molecule has 136 valence electrons. The van der Waals surface area contributed by atoms with E-state index in [9.17, 15) is 4.39 Å². The molecule has 0 N–H and O–H groups in total. The van der Waals surface area contributed by atoms with E-state index in [1.165, 1.54) is 12.1 Å². The summed E-state index contributed by atoms with van der Waals surface area (Å²) in [4.78, 5) is 4.98. The van der Waals surface area contributed by atoms with E-state index in [1.54, 1.807) is 0 Å². The lowest BCUT2D eigenvalue weighted by Crippen LogP contribution is -2.03. The van der Waals surface area contributed by atoms with Crippen LogP contribution in [0.3, 0.4) is 0 Å². The first-order chi connectivity index (χ1) is 13.3. The van der Waals surface area contributed by atoms with E-state index in [2.05, 4.69) is 12.1 Å². The van der Waals surface area contributed by atoms with E-state index >= 15 is 0 Å². The van der Waals surface area contributed by atoms with Gasteiger partial charge in [0, 0.05) is 22.4 Å². The Labute approximate surface area is 157 Å². The molecule has 0 amide bonds. The van der Waals surface area contributed by atoms with Crippen LogP contribution in [0.25, 0.3) is 28.1 Å². The summed E-state index contributed by atoms with van der Waals surface area (Å²) < 4.78 is 24.6. The largest absolute Gasteiger partial charge is 0.347 e. The molecule has 0 atom stereocenters. The second-order valence-corrected chi connectivity index (χ2v) is 7.05. The lowest BCUT2D eigenvalue weighted by molar-refractivity contribution is -0.000908. The van der Waals surface area contributed by atoms with Crippen LogP contribution in [0.5, 0.6) is 0 Å². The monoisotopic (exact) mass is 361 g/mol. The molecule has 1 aromatic heterocycles. The Morgan fingerprint density at radius 1 is 0.963 bits per heavy atom. The Hall–Kier alpha value is -2.56. The topological polar surface area (TPSA) is 31.4 Å². The van der Waals surface area contributed by atoms with Gasteiger partial charge in [-0.05, 0) is 42.7 Å². The van der Waals surface area contributed by atoms with E-state index in [0.29, 0.717) is 19.1 Å². The zero-order chi connectivity index (χ0) is 18.2. The maximum Gasteiger partial charge on any atom is 0.177 e. The summed E-state index contributed by atoms with van der Waals surface area (Å²) >= 11 is 0. The van der Waals surface area contributed by atoms with Crippen LogP contribution in [-0.2, 0) is 9.47 Å². The number of para-hydroxylation sites is 1. The third-order valence-electron chi connectivity index (χ3n) is 5.12. The van der Waals surface area contributed by atoms with E-state index in [0.717, 1.165) is 46.1 Å². The fourth-order valence-corrected chi connectivity index (χ4v) is 3.67. The summed E-state index contributed by atoms with van der Waals surface area (Å²) in [6, 6.07) is 14.9. The maximum atomic E-state index is 13.5. The highest BCUT2D eigenvalue weighted by Gasteiger charge is 2.29. The van der Waals surface area contributed by atoms with E-state index < -0.39 is 0 Å². The fourth-order valence-electron chi connectivity index (χ4n) is 3.67. The zero-order valence-corrected chi connectivity index (χ0v) is 14.9. The van der Waals surface area contributed by atoms with Gasteiger partial charge in [-0.25, -0.2) is 4.39 Å². The van der Waals surface area contributed by atoms with Gasteiger partial charge in [0.25, 0.3) is 0 Å². The summed E-state index contributed by atoms with van der Waals surface area (Å²) in [5.41, 5.74) is 5.26. The Morgan fingerprint density at radius 2 is 1.70 bits per heavy atom. The first-order valence-corrected chi connectivity index (χ1v) is 9.39. The number of hydrogen-bond donors (Lipinski definition) is 0. The number of fused-ring (bicyclic) bond motifs is 1. The smallest absolute Gasteiger partial charge is 0.177 e. The van der Waals surface area contributed by atoms with Crippen molar-refractivity contribution < 1.29 is 13.9 Å². The third-order valence-corrected chi connectivity index (χ3v) is 5.12. The number of ether oxygens (including phenoxy) is 2. The minimum atomic E-state index is -0.315. The molecule has 0 bridgehead atoms. The number of hydrogen-bond acceptors (Lipinski definition) is 3. The van der Waals surface area contributed by atoms with Gasteiger partial charge in [0.1, 0.15) is 5.82 Å². The quantitative estimate of drug-likeness (QED) is 0.631. The molecule has 0 radical (unpaired) electrons. The van der Waals surface area contributed by atoms with Crippen LogP contribution in [0.2, 0.25) is 0 Å². The highest BCUT2D eigenvalue weighted by Crippen LogP contribution is 2.45. The van der Waals surface area contributed by atoms with Crippen molar-refractivity contribution in [3.05, 3.63) is 71.7 Å². The zero-order valence-electron chi connectivity index (χ0n) is 14.9. The van der Waals surface area contributed by atoms with E-state index in [-0.39, 0.29) is 12.1 Å². The normalized spacial score (nSPS) is 18.0. The lowest BCUT2D eigenvalue weighted by Gasteiger charge is -2.16. The Bertz CT molecular complexity index is 1000. The molecule has 4 heteroatoms. The molecule has 5 rings (SSSR count). The predicted octanol–water partition coefficient (Wildman–Crippen LogP) is 5.30. The Balaban J connectivity index is 1.74. The van der Waals surface area contributed by atoms with Crippen molar-refractivity contribution in [2.45, 2.75) is 25.0 Å². The Kier molecular flexibility index (Phi) is 4.23. The van der Waals surface area contributed by atoms with Crippen LogP contribution in [0.15, 0.2) is 54.6 Å². The number of nitrogens with zero attached hydrogens (tertiary/aromatic N) is 1. The minimum Gasteiger partial charge on any atom is -0.347 e. The summed E-state index contributed by atoms with van der Waals surface area (Å²) in [7, 11) is 0. The lowest BCUT2D eigenvalue weighted by atomic mass is 9.92. The van der Waals surface area contributed by atoms with Crippen LogP contribution in [0.1, 0.15) is 30.0 Å². The van der Waals surface area contributed by atoms with E-state index in [4.69, 9.17) is 14.5 Å². The van der Waals surface area contributed by atoms with Gasteiger partial charge >= 0.3 is 0 Å². The number of aromatic nitrogens is 1. The molecular weight excluding hydrogens is 341 g/mol. The van der Waals surface area contributed by atoms with Crippen LogP contribution in [0.4, 0.5) is 4.39 Å². The van der Waals surface area contributed by atoms with Gasteiger partial charge in [0.15, 0.2) is 6.29 Å². The molecule has 2 aromatic carbocycles. The molecule has 3 nitrogen and oxygen atoms in total. The predicted molar refractivity (Wildman–Crippen MR) is 104 cm³/mol. The third kappa shape index (κ3) is 3.27. The molecule has 1 aliphatic carbocycles. The van der Waals surface area contributed by atoms with Crippen molar-refractivity contribution in [1.82, 2.24) is 4.98 Å². The van der Waals surface area contributed by atoms with Crippen molar-refractivity contribution in [2.75, 3.05) is 13.2 Å². The van der Waals surface area contributed by atoms with Gasteiger partial charge in [0.05, 0.1) is 24.4 Å². The second kappa shape index (κ2) is 6.87. The highest BCUT2D eigenvalue weighted by atomic mass is 19.1. The van der Waals surface area contributed by atoms with Crippen LogP contribution >= 0.6 is 0 Å². The molecule has 2 aliphatic rings. The van der Waals surface area contributed by atoms with Gasteiger partial charge in [-0.3, -0.25) is 4.98 Å². The fraction of sp³-hybridized carbons (Fsp3) is 0.261. The Morgan fingerprint density at radius 3 is 2.44 bits per heavy atom. The molecule has 27 heavy (non-hydrogen) atoms. The molecule has 0 spiro atoms.